The summed E-state index contributed by atoms with van der Waals surface area (Å²) in [4.78, 5) is 0. The van der Waals surface area contributed by atoms with Crippen LogP contribution in [-0.2, 0) is 6.54 Å². The first kappa shape index (κ1) is 15.5. The predicted molar refractivity (Wildman–Crippen MR) is 90.5 cm³/mol. The lowest BCUT2D eigenvalue weighted by atomic mass is 10.2. The van der Waals surface area contributed by atoms with E-state index in [-0.39, 0.29) is 0 Å². The number of rotatable bonds is 5. The van der Waals surface area contributed by atoms with Crippen LogP contribution in [0.15, 0.2) is 45.3 Å². The smallest absolute Gasteiger partial charge is 0.141 e. The van der Waals surface area contributed by atoms with Crippen molar-refractivity contribution in [1.29, 1.82) is 0 Å². The van der Waals surface area contributed by atoms with Crippen molar-refractivity contribution in [2.45, 2.75) is 20.4 Å². The normalized spacial score (nSPS) is 10.6. The van der Waals surface area contributed by atoms with Crippen LogP contribution in [0.5, 0.6) is 11.5 Å². The third kappa shape index (κ3) is 4.08. The second-order valence-electron chi connectivity index (χ2n) is 4.56. The molecule has 0 amide bonds. The highest BCUT2D eigenvalue weighted by Gasteiger charge is 2.06. The number of aryl methyl sites for hydroxylation is 1. The molecule has 2 nitrogen and oxygen atoms in total. The summed E-state index contributed by atoms with van der Waals surface area (Å²) in [5.74, 6) is 1.70. The average molecular weight is 399 g/mol. The molecule has 2 aromatic carbocycles. The Bertz CT molecular complexity index is 599. The van der Waals surface area contributed by atoms with E-state index < -0.39 is 0 Å². The maximum Gasteiger partial charge on any atom is 0.141 e. The molecule has 0 unspecified atom stereocenters. The quantitative estimate of drug-likeness (QED) is 0.725. The fourth-order valence-electron chi connectivity index (χ4n) is 1.85. The fraction of sp³-hybridized carbons (Fsp3) is 0.250. The summed E-state index contributed by atoms with van der Waals surface area (Å²) in [6.07, 6.45) is 0. The van der Waals surface area contributed by atoms with Crippen LogP contribution in [0.1, 0.15) is 18.1 Å². The van der Waals surface area contributed by atoms with Crippen molar-refractivity contribution in [3.63, 3.8) is 0 Å². The van der Waals surface area contributed by atoms with Gasteiger partial charge in [0.15, 0.2) is 0 Å². The summed E-state index contributed by atoms with van der Waals surface area (Å²) in [5.41, 5.74) is 2.33. The predicted octanol–water partition coefficient (Wildman–Crippen LogP) is 5.42. The van der Waals surface area contributed by atoms with Crippen molar-refractivity contribution in [3.05, 3.63) is 56.5 Å². The number of hydrogen-bond donors (Lipinski definition) is 1. The lowest BCUT2D eigenvalue weighted by Crippen LogP contribution is -2.11. The van der Waals surface area contributed by atoms with Gasteiger partial charge in [-0.2, -0.15) is 0 Å². The summed E-state index contributed by atoms with van der Waals surface area (Å²) < 4.78 is 7.99. The molecule has 106 valence electrons. The lowest BCUT2D eigenvalue weighted by molar-refractivity contribution is 0.475. The van der Waals surface area contributed by atoms with Gasteiger partial charge in [0.1, 0.15) is 11.5 Å². The van der Waals surface area contributed by atoms with Crippen LogP contribution < -0.4 is 10.1 Å². The molecule has 0 aliphatic rings. The van der Waals surface area contributed by atoms with Gasteiger partial charge in [0.2, 0.25) is 0 Å². The van der Waals surface area contributed by atoms with Crippen molar-refractivity contribution in [3.8, 4) is 11.5 Å². The largest absolute Gasteiger partial charge is 0.456 e. The van der Waals surface area contributed by atoms with Crippen molar-refractivity contribution < 1.29 is 4.74 Å². The first-order valence-corrected chi connectivity index (χ1v) is 8.12. The Morgan fingerprint density at radius 1 is 1.05 bits per heavy atom. The van der Waals surface area contributed by atoms with Crippen molar-refractivity contribution in [2.24, 2.45) is 0 Å². The highest BCUT2D eigenvalue weighted by atomic mass is 79.9. The third-order valence-corrected chi connectivity index (χ3v) is 4.05. The van der Waals surface area contributed by atoms with Gasteiger partial charge in [0.05, 0.1) is 4.47 Å². The number of nitrogens with one attached hydrogen (secondary N) is 1. The highest BCUT2D eigenvalue weighted by molar-refractivity contribution is 9.10. The van der Waals surface area contributed by atoms with Crippen LogP contribution in [0.4, 0.5) is 0 Å². The zero-order valence-corrected chi connectivity index (χ0v) is 14.7. The van der Waals surface area contributed by atoms with Crippen LogP contribution in [0.3, 0.4) is 0 Å². The van der Waals surface area contributed by atoms with Gasteiger partial charge in [-0.3, -0.25) is 0 Å². The Hall–Kier alpha value is -0.840. The van der Waals surface area contributed by atoms with E-state index >= 15 is 0 Å². The molecule has 2 aromatic rings. The van der Waals surface area contributed by atoms with Gasteiger partial charge in [-0.1, -0.05) is 28.9 Å². The highest BCUT2D eigenvalue weighted by Crippen LogP contribution is 2.33. The second kappa shape index (κ2) is 7.25. The minimum atomic E-state index is 0.829. The van der Waals surface area contributed by atoms with E-state index in [1.165, 1.54) is 5.56 Å². The molecule has 4 heteroatoms. The monoisotopic (exact) mass is 397 g/mol. The maximum atomic E-state index is 5.97. The molecule has 0 heterocycles. The van der Waals surface area contributed by atoms with Gasteiger partial charge in [0.25, 0.3) is 0 Å². The van der Waals surface area contributed by atoms with Gasteiger partial charge in [-0.05, 0) is 70.9 Å². The minimum absolute atomic E-state index is 0.829. The molecule has 0 aromatic heterocycles. The van der Waals surface area contributed by atoms with Crippen LogP contribution in [0.2, 0.25) is 0 Å². The molecule has 0 radical (unpaired) electrons. The molecule has 0 bridgehead atoms. The van der Waals surface area contributed by atoms with Crippen molar-refractivity contribution in [1.82, 2.24) is 5.32 Å². The third-order valence-electron chi connectivity index (χ3n) is 2.93. The summed E-state index contributed by atoms with van der Waals surface area (Å²) in [6.45, 7) is 5.97. The summed E-state index contributed by atoms with van der Waals surface area (Å²) in [7, 11) is 0. The Morgan fingerprint density at radius 3 is 2.45 bits per heavy atom. The Labute approximate surface area is 136 Å². The SMILES string of the molecule is CCNCc1ccc(Oc2ccc(Br)cc2C)c(Br)c1. The van der Waals surface area contributed by atoms with Gasteiger partial charge < -0.3 is 10.1 Å². The van der Waals surface area contributed by atoms with Gasteiger partial charge in [0, 0.05) is 11.0 Å². The van der Waals surface area contributed by atoms with E-state index in [0.717, 1.165) is 39.1 Å². The average Bonchev–Trinajstić information content (AvgIpc) is 2.42. The molecule has 0 aliphatic heterocycles. The second-order valence-corrected chi connectivity index (χ2v) is 6.33. The van der Waals surface area contributed by atoms with Gasteiger partial charge in [-0.25, -0.2) is 0 Å². The zero-order chi connectivity index (χ0) is 14.5. The van der Waals surface area contributed by atoms with Crippen molar-refractivity contribution in [2.75, 3.05) is 6.54 Å². The number of benzene rings is 2. The summed E-state index contributed by atoms with van der Waals surface area (Å²) >= 11 is 7.03. The van der Waals surface area contributed by atoms with E-state index in [4.69, 9.17) is 4.74 Å². The molecular weight excluding hydrogens is 382 g/mol. The molecular formula is C16H17Br2NO. The van der Waals surface area contributed by atoms with Gasteiger partial charge >= 0.3 is 0 Å². The summed E-state index contributed by atoms with van der Waals surface area (Å²) in [5, 5.41) is 3.31. The molecule has 2 rings (SSSR count). The molecule has 20 heavy (non-hydrogen) atoms. The topological polar surface area (TPSA) is 21.3 Å². The maximum absolute atomic E-state index is 5.97. The zero-order valence-electron chi connectivity index (χ0n) is 11.5. The molecule has 0 saturated heterocycles. The van der Waals surface area contributed by atoms with E-state index in [9.17, 15) is 0 Å². The molecule has 0 saturated carbocycles. The van der Waals surface area contributed by atoms with Crippen LogP contribution >= 0.6 is 31.9 Å². The van der Waals surface area contributed by atoms with E-state index in [0.29, 0.717) is 0 Å². The number of hydrogen-bond acceptors (Lipinski definition) is 2. The Morgan fingerprint density at radius 2 is 1.80 bits per heavy atom. The molecule has 0 fully saturated rings. The Kier molecular flexibility index (Phi) is 5.64. The molecule has 0 spiro atoms. The molecule has 0 atom stereocenters. The van der Waals surface area contributed by atoms with E-state index in [2.05, 4.69) is 56.2 Å². The van der Waals surface area contributed by atoms with Crippen LogP contribution in [0.25, 0.3) is 0 Å². The van der Waals surface area contributed by atoms with Gasteiger partial charge in [-0.15, -0.1) is 0 Å². The number of halogens is 2. The lowest BCUT2D eigenvalue weighted by Gasteiger charge is -2.12. The van der Waals surface area contributed by atoms with E-state index in [1.54, 1.807) is 0 Å². The molecule has 1 N–H and O–H groups in total. The van der Waals surface area contributed by atoms with Crippen LogP contribution in [0, 0.1) is 6.92 Å². The fourth-order valence-corrected chi connectivity index (χ4v) is 2.83. The minimum Gasteiger partial charge on any atom is -0.456 e. The standard InChI is InChI=1S/C16H17Br2NO/c1-3-19-10-12-4-6-16(14(18)9-12)20-15-7-5-13(17)8-11(15)2/h4-9,19H,3,10H2,1-2H3. The summed E-state index contributed by atoms with van der Waals surface area (Å²) in [6, 6.07) is 12.2. The van der Waals surface area contributed by atoms with E-state index in [1.807, 2.05) is 31.2 Å². The first-order valence-electron chi connectivity index (χ1n) is 6.53. The number of ether oxygens (including phenoxy) is 1. The Balaban J connectivity index is 2.17. The van der Waals surface area contributed by atoms with Crippen molar-refractivity contribution >= 4 is 31.9 Å². The molecule has 0 aliphatic carbocycles. The van der Waals surface area contributed by atoms with Crippen LogP contribution in [-0.4, -0.2) is 6.54 Å². The first-order chi connectivity index (χ1) is 9.60.